The standard InChI is InChI=1S/C23H25N3O6/c1-13(21(27)25-19(23(29)30)14-8-6-5-7-9-14)24-22(28)16-12-15-17(31-3)10-11-18(32-4)20(15)26(16)2/h5-13,19H,1-4H3,(H,24,28)(H,25,27)(H,29,30)/t13-,19+/m0/s1. The molecule has 9 heteroatoms. The number of carboxylic acid groups (broad SMARTS) is 1. The summed E-state index contributed by atoms with van der Waals surface area (Å²) in [4.78, 5) is 37.2. The first-order valence-electron chi connectivity index (χ1n) is 9.87. The minimum Gasteiger partial charge on any atom is -0.496 e. The number of methoxy groups -OCH3 is 2. The number of rotatable bonds is 8. The number of aryl methyl sites for hydroxylation is 1. The Bertz CT molecular complexity index is 1160. The maximum Gasteiger partial charge on any atom is 0.330 e. The van der Waals surface area contributed by atoms with Crippen molar-refractivity contribution in [2.45, 2.75) is 19.0 Å². The fourth-order valence-corrected chi connectivity index (χ4v) is 3.51. The fraction of sp³-hybridized carbons (Fsp3) is 0.261. The smallest absolute Gasteiger partial charge is 0.330 e. The topological polar surface area (TPSA) is 119 Å². The van der Waals surface area contributed by atoms with Crippen molar-refractivity contribution in [3.8, 4) is 11.5 Å². The molecule has 2 aromatic carbocycles. The Hall–Kier alpha value is -4.01. The molecule has 0 bridgehead atoms. The van der Waals surface area contributed by atoms with Crippen LogP contribution in [0.5, 0.6) is 11.5 Å². The average Bonchev–Trinajstić information content (AvgIpc) is 3.14. The molecule has 3 rings (SSSR count). The van der Waals surface area contributed by atoms with Crippen molar-refractivity contribution in [2.75, 3.05) is 14.2 Å². The molecule has 0 saturated heterocycles. The van der Waals surface area contributed by atoms with Crippen LogP contribution in [0.2, 0.25) is 0 Å². The van der Waals surface area contributed by atoms with Crippen LogP contribution in [0.25, 0.3) is 10.9 Å². The lowest BCUT2D eigenvalue weighted by molar-refractivity contribution is -0.142. The third-order valence-corrected chi connectivity index (χ3v) is 5.20. The molecule has 3 N–H and O–H groups in total. The summed E-state index contributed by atoms with van der Waals surface area (Å²) in [5, 5.41) is 15.3. The van der Waals surface area contributed by atoms with E-state index >= 15 is 0 Å². The van der Waals surface area contributed by atoms with Crippen LogP contribution in [0.4, 0.5) is 0 Å². The normalized spacial score (nSPS) is 12.6. The summed E-state index contributed by atoms with van der Waals surface area (Å²) in [6, 6.07) is 11.3. The van der Waals surface area contributed by atoms with E-state index in [-0.39, 0.29) is 0 Å². The van der Waals surface area contributed by atoms with Crippen LogP contribution in [-0.4, -0.2) is 47.7 Å². The summed E-state index contributed by atoms with van der Waals surface area (Å²) in [6.07, 6.45) is 0. The van der Waals surface area contributed by atoms with Gasteiger partial charge in [-0.15, -0.1) is 0 Å². The Morgan fingerprint density at radius 1 is 0.969 bits per heavy atom. The summed E-state index contributed by atoms with van der Waals surface area (Å²) < 4.78 is 12.4. The number of nitrogens with one attached hydrogen (secondary N) is 2. The number of carbonyl (C=O) groups is 3. The first-order valence-corrected chi connectivity index (χ1v) is 9.87. The lowest BCUT2D eigenvalue weighted by atomic mass is 10.1. The third-order valence-electron chi connectivity index (χ3n) is 5.20. The van der Waals surface area contributed by atoms with Gasteiger partial charge in [0.15, 0.2) is 6.04 Å². The highest BCUT2D eigenvalue weighted by Gasteiger charge is 2.26. The number of nitrogens with zero attached hydrogens (tertiary/aromatic N) is 1. The molecule has 0 aliphatic rings. The van der Waals surface area contributed by atoms with Gasteiger partial charge in [0.05, 0.1) is 19.7 Å². The van der Waals surface area contributed by atoms with E-state index in [0.29, 0.717) is 33.7 Å². The molecule has 2 amide bonds. The zero-order valence-corrected chi connectivity index (χ0v) is 18.2. The molecule has 0 saturated carbocycles. The van der Waals surface area contributed by atoms with Gasteiger partial charge in [0.1, 0.15) is 23.2 Å². The second-order valence-corrected chi connectivity index (χ2v) is 7.21. The van der Waals surface area contributed by atoms with Gasteiger partial charge in [0.25, 0.3) is 5.91 Å². The van der Waals surface area contributed by atoms with E-state index in [0.717, 1.165) is 0 Å². The van der Waals surface area contributed by atoms with E-state index in [1.807, 2.05) is 0 Å². The van der Waals surface area contributed by atoms with E-state index in [1.54, 1.807) is 60.1 Å². The monoisotopic (exact) mass is 439 g/mol. The number of aromatic nitrogens is 1. The molecular weight excluding hydrogens is 414 g/mol. The van der Waals surface area contributed by atoms with Gasteiger partial charge in [-0.1, -0.05) is 30.3 Å². The molecule has 2 atom stereocenters. The molecule has 0 aliphatic heterocycles. The lowest BCUT2D eigenvalue weighted by Gasteiger charge is -2.19. The predicted octanol–water partition coefficient (Wildman–Crippen LogP) is 2.26. The second-order valence-electron chi connectivity index (χ2n) is 7.21. The third kappa shape index (κ3) is 4.36. The number of hydrogen-bond acceptors (Lipinski definition) is 5. The lowest BCUT2D eigenvalue weighted by Crippen LogP contribution is -2.47. The molecule has 168 valence electrons. The predicted molar refractivity (Wildman–Crippen MR) is 118 cm³/mol. The van der Waals surface area contributed by atoms with Crippen molar-refractivity contribution in [3.05, 3.63) is 59.8 Å². The van der Waals surface area contributed by atoms with Gasteiger partial charge in [-0.3, -0.25) is 9.59 Å². The summed E-state index contributed by atoms with van der Waals surface area (Å²) in [5.74, 6) is -1.17. The molecule has 1 aromatic heterocycles. The molecule has 1 heterocycles. The van der Waals surface area contributed by atoms with E-state index in [4.69, 9.17) is 9.47 Å². The highest BCUT2D eigenvalue weighted by Crippen LogP contribution is 2.35. The molecule has 0 spiro atoms. The summed E-state index contributed by atoms with van der Waals surface area (Å²) in [6.45, 7) is 1.49. The number of carboxylic acids is 1. The quantitative estimate of drug-likeness (QED) is 0.495. The number of aliphatic carboxylic acids is 1. The number of amides is 2. The van der Waals surface area contributed by atoms with Gasteiger partial charge in [0.2, 0.25) is 5.91 Å². The molecule has 3 aromatic rings. The van der Waals surface area contributed by atoms with Crippen LogP contribution < -0.4 is 20.1 Å². The van der Waals surface area contributed by atoms with Crippen molar-refractivity contribution in [3.63, 3.8) is 0 Å². The molecule has 0 radical (unpaired) electrons. The van der Waals surface area contributed by atoms with Gasteiger partial charge in [-0.25, -0.2) is 4.79 Å². The number of carbonyl (C=O) groups excluding carboxylic acids is 2. The average molecular weight is 439 g/mol. The summed E-state index contributed by atoms with van der Waals surface area (Å²) >= 11 is 0. The van der Waals surface area contributed by atoms with Crippen LogP contribution in [0.15, 0.2) is 48.5 Å². The van der Waals surface area contributed by atoms with Crippen LogP contribution in [0.3, 0.4) is 0 Å². The Balaban J connectivity index is 1.81. The van der Waals surface area contributed by atoms with E-state index in [2.05, 4.69) is 10.6 Å². The zero-order valence-electron chi connectivity index (χ0n) is 18.2. The van der Waals surface area contributed by atoms with Gasteiger partial charge in [-0.05, 0) is 30.7 Å². The second kappa shape index (κ2) is 9.42. The van der Waals surface area contributed by atoms with Crippen LogP contribution in [0, 0.1) is 0 Å². The Labute approximate surface area is 184 Å². The van der Waals surface area contributed by atoms with Gasteiger partial charge >= 0.3 is 5.97 Å². The molecule has 0 aliphatic carbocycles. The number of hydrogen-bond donors (Lipinski definition) is 3. The summed E-state index contributed by atoms with van der Waals surface area (Å²) in [5.41, 5.74) is 1.39. The minimum atomic E-state index is -1.23. The first-order chi connectivity index (χ1) is 15.3. The van der Waals surface area contributed by atoms with Crippen molar-refractivity contribution < 1.29 is 29.0 Å². The van der Waals surface area contributed by atoms with E-state index < -0.39 is 29.9 Å². The van der Waals surface area contributed by atoms with E-state index in [1.165, 1.54) is 21.1 Å². The molecule has 0 unspecified atom stereocenters. The van der Waals surface area contributed by atoms with E-state index in [9.17, 15) is 19.5 Å². The molecule has 0 fully saturated rings. The Morgan fingerprint density at radius 3 is 2.19 bits per heavy atom. The van der Waals surface area contributed by atoms with Crippen molar-refractivity contribution in [1.29, 1.82) is 0 Å². The van der Waals surface area contributed by atoms with Gasteiger partial charge in [-0.2, -0.15) is 0 Å². The maximum absolute atomic E-state index is 12.9. The van der Waals surface area contributed by atoms with Gasteiger partial charge < -0.3 is 29.8 Å². The Morgan fingerprint density at radius 2 is 1.59 bits per heavy atom. The summed E-state index contributed by atoms with van der Waals surface area (Å²) in [7, 11) is 4.78. The number of fused-ring (bicyclic) bond motifs is 1. The highest BCUT2D eigenvalue weighted by atomic mass is 16.5. The SMILES string of the molecule is COc1ccc(OC)c2c1cc(C(=O)N[C@@H](C)C(=O)N[C@@H](C(=O)O)c1ccccc1)n2C. The fourth-order valence-electron chi connectivity index (χ4n) is 3.51. The maximum atomic E-state index is 12.9. The largest absolute Gasteiger partial charge is 0.496 e. The molecular formula is C23H25N3O6. The number of ether oxygens (including phenoxy) is 2. The van der Waals surface area contributed by atoms with Crippen molar-refractivity contribution in [1.82, 2.24) is 15.2 Å². The van der Waals surface area contributed by atoms with Gasteiger partial charge in [0, 0.05) is 12.4 Å². The molecule has 32 heavy (non-hydrogen) atoms. The van der Waals surface area contributed by atoms with Crippen LogP contribution in [0.1, 0.15) is 29.0 Å². The van der Waals surface area contributed by atoms with Crippen LogP contribution in [-0.2, 0) is 16.6 Å². The van der Waals surface area contributed by atoms with Crippen LogP contribution >= 0.6 is 0 Å². The highest BCUT2D eigenvalue weighted by molar-refractivity contribution is 6.03. The first kappa shape index (κ1) is 22.7. The number of benzene rings is 2. The molecule has 9 nitrogen and oxygen atoms in total. The van der Waals surface area contributed by atoms with Crippen molar-refractivity contribution >= 4 is 28.7 Å². The zero-order chi connectivity index (χ0) is 23.4. The van der Waals surface area contributed by atoms with Crippen molar-refractivity contribution in [2.24, 2.45) is 7.05 Å². The minimum absolute atomic E-state index is 0.292. The Kier molecular flexibility index (Phi) is 6.67.